The Morgan fingerprint density at radius 2 is 2.05 bits per heavy atom. The Labute approximate surface area is 132 Å². The van der Waals surface area contributed by atoms with Gasteiger partial charge in [0.05, 0.1) is 19.1 Å². The Kier molecular flexibility index (Phi) is 4.87. The minimum absolute atomic E-state index is 0.280. The van der Waals surface area contributed by atoms with Crippen LogP contribution in [0, 0.1) is 6.92 Å². The summed E-state index contributed by atoms with van der Waals surface area (Å²) in [5.41, 5.74) is 1.73. The number of rotatable bonds is 4. The van der Waals surface area contributed by atoms with Gasteiger partial charge >= 0.3 is 5.97 Å². The molecule has 2 rings (SSSR count). The summed E-state index contributed by atoms with van der Waals surface area (Å²) in [6.45, 7) is 1.51. The lowest BCUT2D eigenvalue weighted by Crippen LogP contribution is -2.34. The first-order chi connectivity index (χ1) is 10.5. The number of carbonyl (C=O) groups is 3. The highest BCUT2D eigenvalue weighted by molar-refractivity contribution is 8.18. The van der Waals surface area contributed by atoms with Crippen molar-refractivity contribution in [2.75, 3.05) is 20.8 Å². The van der Waals surface area contributed by atoms with Crippen molar-refractivity contribution >= 4 is 35.0 Å². The highest BCUT2D eigenvalue weighted by atomic mass is 32.2. The minimum Gasteiger partial charge on any atom is -0.497 e. The lowest BCUT2D eigenvalue weighted by molar-refractivity contribution is -0.143. The number of thioether (sulfide) groups is 1. The molecule has 1 aliphatic rings. The third-order valence-electron chi connectivity index (χ3n) is 3.15. The van der Waals surface area contributed by atoms with Gasteiger partial charge in [-0.1, -0.05) is 6.07 Å². The Morgan fingerprint density at radius 3 is 2.64 bits per heavy atom. The van der Waals surface area contributed by atoms with Crippen molar-refractivity contribution in [1.29, 1.82) is 0 Å². The molecule has 0 atom stereocenters. The van der Waals surface area contributed by atoms with Crippen LogP contribution in [0.3, 0.4) is 0 Å². The summed E-state index contributed by atoms with van der Waals surface area (Å²) in [6, 6.07) is 5.42. The Balaban J connectivity index is 2.24. The second-order valence-corrected chi connectivity index (χ2v) is 5.56. The van der Waals surface area contributed by atoms with Crippen molar-refractivity contribution in [3.8, 4) is 5.75 Å². The first-order valence-electron chi connectivity index (χ1n) is 6.43. The van der Waals surface area contributed by atoms with Gasteiger partial charge in [0, 0.05) is 0 Å². The largest absolute Gasteiger partial charge is 0.497 e. The van der Waals surface area contributed by atoms with Gasteiger partial charge in [-0.2, -0.15) is 0 Å². The number of hydrogen-bond donors (Lipinski definition) is 0. The number of nitrogens with zero attached hydrogens (tertiary/aromatic N) is 1. The molecule has 1 aromatic carbocycles. The summed E-state index contributed by atoms with van der Waals surface area (Å²) >= 11 is 0.807. The molecule has 0 aliphatic carbocycles. The molecule has 0 radical (unpaired) electrons. The molecule has 0 bridgehead atoms. The molecule has 1 saturated heterocycles. The van der Waals surface area contributed by atoms with E-state index in [1.165, 1.54) is 7.11 Å². The maximum Gasteiger partial charge on any atom is 0.325 e. The van der Waals surface area contributed by atoms with Crippen LogP contribution in [-0.4, -0.2) is 42.8 Å². The summed E-state index contributed by atoms with van der Waals surface area (Å²) < 4.78 is 9.60. The van der Waals surface area contributed by atoms with Crippen LogP contribution < -0.4 is 4.74 Å². The monoisotopic (exact) mass is 321 g/mol. The van der Waals surface area contributed by atoms with E-state index in [2.05, 4.69) is 4.74 Å². The Hall–Kier alpha value is -2.28. The van der Waals surface area contributed by atoms with Crippen molar-refractivity contribution in [3.05, 3.63) is 34.2 Å². The average Bonchev–Trinajstić information content (AvgIpc) is 2.76. The zero-order valence-electron chi connectivity index (χ0n) is 12.4. The van der Waals surface area contributed by atoms with E-state index in [9.17, 15) is 14.4 Å². The first kappa shape index (κ1) is 16.1. The quantitative estimate of drug-likeness (QED) is 0.625. The normalized spacial score (nSPS) is 16.3. The van der Waals surface area contributed by atoms with Crippen molar-refractivity contribution < 1.29 is 23.9 Å². The van der Waals surface area contributed by atoms with Crippen LogP contribution in [0.25, 0.3) is 6.08 Å². The van der Waals surface area contributed by atoms with Gasteiger partial charge in [0.25, 0.3) is 11.1 Å². The van der Waals surface area contributed by atoms with Crippen molar-refractivity contribution in [1.82, 2.24) is 4.90 Å². The number of benzene rings is 1. The molecule has 0 N–H and O–H groups in total. The molecular formula is C15H15NO5S. The van der Waals surface area contributed by atoms with Crippen molar-refractivity contribution in [2.24, 2.45) is 0 Å². The van der Waals surface area contributed by atoms with Gasteiger partial charge in [-0.25, -0.2) is 0 Å². The van der Waals surface area contributed by atoms with Gasteiger partial charge < -0.3 is 9.47 Å². The summed E-state index contributed by atoms with van der Waals surface area (Å²) in [6.07, 6.45) is 1.64. The number of amides is 2. The van der Waals surface area contributed by atoms with Crippen LogP contribution >= 0.6 is 11.8 Å². The maximum atomic E-state index is 12.2. The number of aryl methyl sites for hydroxylation is 1. The van der Waals surface area contributed by atoms with Crippen LogP contribution in [-0.2, 0) is 14.3 Å². The van der Waals surface area contributed by atoms with Gasteiger partial charge in [-0.15, -0.1) is 0 Å². The van der Waals surface area contributed by atoms with Gasteiger partial charge in [-0.05, 0) is 48.0 Å². The minimum atomic E-state index is -0.635. The Morgan fingerprint density at radius 1 is 1.32 bits per heavy atom. The number of imide groups is 1. The zero-order chi connectivity index (χ0) is 16.3. The lowest BCUT2D eigenvalue weighted by atomic mass is 10.1. The molecule has 7 heteroatoms. The first-order valence-corrected chi connectivity index (χ1v) is 7.24. The fraction of sp³-hybridized carbons (Fsp3) is 0.267. The van der Waals surface area contributed by atoms with Gasteiger partial charge in [0.2, 0.25) is 0 Å². The van der Waals surface area contributed by atoms with E-state index in [0.717, 1.165) is 27.8 Å². The Bertz CT molecular complexity index is 668. The molecule has 1 fully saturated rings. The fourth-order valence-electron chi connectivity index (χ4n) is 1.91. The molecule has 2 amide bonds. The van der Waals surface area contributed by atoms with E-state index in [1.807, 2.05) is 19.1 Å². The second-order valence-electron chi connectivity index (χ2n) is 4.57. The molecule has 1 aromatic rings. The van der Waals surface area contributed by atoms with E-state index < -0.39 is 17.1 Å². The molecule has 6 nitrogen and oxygen atoms in total. The number of ether oxygens (including phenoxy) is 2. The molecule has 116 valence electrons. The number of hydrogen-bond acceptors (Lipinski definition) is 6. The van der Waals surface area contributed by atoms with Crippen molar-refractivity contribution in [2.45, 2.75) is 6.92 Å². The predicted molar refractivity (Wildman–Crippen MR) is 82.4 cm³/mol. The summed E-state index contributed by atoms with van der Waals surface area (Å²) in [5, 5.41) is -0.479. The molecule has 0 unspecified atom stereocenters. The highest BCUT2D eigenvalue weighted by Crippen LogP contribution is 2.33. The van der Waals surface area contributed by atoms with E-state index >= 15 is 0 Å². The van der Waals surface area contributed by atoms with E-state index in [0.29, 0.717) is 5.75 Å². The molecule has 1 heterocycles. The average molecular weight is 321 g/mol. The number of carbonyl (C=O) groups excluding carboxylic acids is 3. The van der Waals surface area contributed by atoms with E-state index in [-0.39, 0.29) is 11.4 Å². The van der Waals surface area contributed by atoms with Gasteiger partial charge in [-0.3, -0.25) is 19.3 Å². The van der Waals surface area contributed by atoms with Crippen molar-refractivity contribution in [3.63, 3.8) is 0 Å². The van der Waals surface area contributed by atoms with Gasteiger partial charge in [0.15, 0.2) is 0 Å². The number of esters is 1. The maximum absolute atomic E-state index is 12.2. The number of methoxy groups -OCH3 is 2. The summed E-state index contributed by atoms with van der Waals surface area (Å²) in [7, 11) is 2.78. The van der Waals surface area contributed by atoms with E-state index in [4.69, 9.17) is 4.74 Å². The van der Waals surface area contributed by atoms with Crippen LogP contribution in [0.1, 0.15) is 11.1 Å². The molecular weight excluding hydrogens is 306 g/mol. The van der Waals surface area contributed by atoms with Gasteiger partial charge in [0.1, 0.15) is 12.3 Å². The molecule has 0 aromatic heterocycles. The predicted octanol–water partition coefficient (Wildman–Crippen LogP) is 2.21. The van der Waals surface area contributed by atoms with Crippen LogP contribution in [0.4, 0.5) is 4.79 Å². The highest BCUT2D eigenvalue weighted by Gasteiger charge is 2.36. The topological polar surface area (TPSA) is 72.9 Å². The van der Waals surface area contributed by atoms with Crippen LogP contribution in [0.2, 0.25) is 0 Å². The standard InChI is InChI=1S/C15H15NO5S/c1-9-6-11(20-2)5-4-10(9)7-12-14(18)16(15(19)22-12)8-13(17)21-3/h4-7H,8H2,1-3H3/b12-7+. The molecule has 1 aliphatic heterocycles. The molecule has 0 spiro atoms. The van der Waals surface area contributed by atoms with Crippen LogP contribution in [0.5, 0.6) is 5.75 Å². The van der Waals surface area contributed by atoms with E-state index in [1.54, 1.807) is 19.3 Å². The fourth-order valence-corrected chi connectivity index (χ4v) is 2.74. The lowest BCUT2D eigenvalue weighted by Gasteiger charge is -2.09. The SMILES string of the molecule is COC(=O)CN1C(=O)S/C(=C/c2ccc(OC)cc2C)C1=O. The summed E-state index contributed by atoms with van der Waals surface area (Å²) in [4.78, 5) is 36.4. The second kappa shape index (κ2) is 6.65. The smallest absolute Gasteiger partial charge is 0.325 e. The summed E-state index contributed by atoms with van der Waals surface area (Å²) in [5.74, 6) is -0.409. The third kappa shape index (κ3) is 3.30. The molecule has 22 heavy (non-hydrogen) atoms. The third-order valence-corrected chi connectivity index (χ3v) is 4.06. The molecule has 0 saturated carbocycles. The zero-order valence-corrected chi connectivity index (χ0v) is 13.2. The van der Waals surface area contributed by atoms with Crippen LogP contribution in [0.15, 0.2) is 23.1 Å².